The van der Waals surface area contributed by atoms with Gasteiger partial charge >= 0.3 is 0 Å². The minimum atomic E-state index is -0.955. The lowest BCUT2D eigenvalue weighted by atomic mass is 10.1. The average molecular weight is 362 g/mol. The van der Waals surface area contributed by atoms with E-state index in [0.29, 0.717) is 29.0 Å². The van der Waals surface area contributed by atoms with Crippen LogP contribution in [-0.2, 0) is 4.79 Å². The van der Waals surface area contributed by atoms with Crippen LogP contribution in [0, 0.1) is 11.6 Å². The van der Waals surface area contributed by atoms with E-state index in [-0.39, 0.29) is 11.8 Å². The molecular weight excluding hydrogens is 346 g/mol. The third-order valence-electron chi connectivity index (χ3n) is 3.89. The highest BCUT2D eigenvalue weighted by molar-refractivity contribution is 7.99. The molecule has 2 N–H and O–H groups in total. The number of anilines is 1. The van der Waals surface area contributed by atoms with E-state index in [9.17, 15) is 18.4 Å². The van der Waals surface area contributed by atoms with Gasteiger partial charge in [0.05, 0.1) is 11.7 Å². The molecular formula is C18H16F2N2O2S. The molecule has 4 nitrogen and oxygen atoms in total. The molecule has 0 aromatic heterocycles. The van der Waals surface area contributed by atoms with Crippen LogP contribution in [0.2, 0.25) is 0 Å². The van der Waals surface area contributed by atoms with Crippen molar-refractivity contribution in [2.24, 2.45) is 0 Å². The number of amides is 2. The van der Waals surface area contributed by atoms with Crippen LogP contribution in [0.4, 0.5) is 14.5 Å². The van der Waals surface area contributed by atoms with Gasteiger partial charge in [0.25, 0.3) is 5.91 Å². The van der Waals surface area contributed by atoms with Gasteiger partial charge in [0.1, 0.15) is 0 Å². The Kier molecular flexibility index (Phi) is 5.03. The summed E-state index contributed by atoms with van der Waals surface area (Å²) < 4.78 is 26.3. The Morgan fingerprint density at radius 2 is 2.00 bits per heavy atom. The fraction of sp³-hybridized carbons (Fsp3) is 0.222. The van der Waals surface area contributed by atoms with Gasteiger partial charge in [0.2, 0.25) is 5.91 Å². The van der Waals surface area contributed by atoms with Crippen LogP contribution < -0.4 is 10.6 Å². The Hall–Kier alpha value is -2.41. The van der Waals surface area contributed by atoms with Gasteiger partial charge < -0.3 is 10.6 Å². The third-order valence-corrected chi connectivity index (χ3v) is 4.97. The largest absolute Gasteiger partial charge is 0.346 e. The predicted octanol–water partition coefficient (Wildman–Crippen LogP) is 3.89. The number of carbonyl (C=O) groups is 2. The van der Waals surface area contributed by atoms with Crippen LogP contribution in [0.25, 0.3) is 0 Å². The van der Waals surface area contributed by atoms with E-state index in [1.54, 1.807) is 36.9 Å². The Morgan fingerprint density at radius 1 is 1.20 bits per heavy atom. The fourth-order valence-corrected chi connectivity index (χ4v) is 3.44. The Labute approximate surface area is 148 Å². The van der Waals surface area contributed by atoms with Gasteiger partial charge in [-0.05, 0) is 42.8 Å². The van der Waals surface area contributed by atoms with Crippen LogP contribution in [0.1, 0.15) is 35.3 Å². The maximum Gasteiger partial charge on any atom is 0.251 e. The average Bonchev–Trinajstić information content (AvgIpc) is 2.76. The lowest BCUT2D eigenvalue weighted by Crippen LogP contribution is -2.27. The Balaban J connectivity index is 1.76. The molecule has 3 rings (SSSR count). The molecule has 1 heterocycles. The highest BCUT2D eigenvalue weighted by Crippen LogP contribution is 2.31. The lowest BCUT2D eigenvalue weighted by Gasteiger charge is -2.15. The van der Waals surface area contributed by atoms with Crippen molar-refractivity contribution in [3.8, 4) is 0 Å². The molecule has 1 atom stereocenters. The molecule has 0 aliphatic carbocycles. The molecule has 130 valence electrons. The molecule has 0 fully saturated rings. The fourth-order valence-electron chi connectivity index (χ4n) is 2.51. The Bertz CT molecular complexity index is 842. The summed E-state index contributed by atoms with van der Waals surface area (Å²) in [4.78, 5) is 25.0. The second-order valence-corrected chi connectivity index (χ2v) is 6.86. The van der Waals surface area contributed by atoms with Crippen LogP contribution in [-0.4, -0.2) is 17.6 Å². The van der Waals surface area contributed by atoms with Crippen LogP contribution in [0.3, 0.4) is 0 Å². The van der Waals surface area contributed by atoms with Crippen molar-refractivity contribution in [1.82, 2.24) is 5.32 Å². The number of thioether (sulfide) groups is 1. The number of fused-ring (bicyclic) bond motifs is 1. The minimum Gasteiger partial charge on any atom is -0.346 e. The van der Waals surface area contributed by atoms with Gasteiger partial charge in [0.15, 0.2) is 11.6 Å². The summed E-state index contributed by atoms with van der Waals surface area (Å²) in [6, 6.07) is 8.12. The van der Waals surface area contributed by atoms with E-state index in [2.05, 4.69) is 10.6 Å². The predicted molar refractivity (Wildman–Crippen MR) is 92.7 cm³/mol. The van der Waals surface area contributed by atoms with Crippen molar-refractivity contribution in [2.45, 2.75) is 24.3 Å². The summed E-state index contributed by atoms with van der Waals surface area (Å²) in [5.74, 6) is -1.63. The molecule has 0 saturated carbocycles. The summed E-state index contributed by atoms with van der Waals surface area (Å²) in [6.07, 6.45) is 0.425. The summed E-state index contributed by atoms with van der Waals surface area (Å²) in [6.45, 7) is 1.69. The topological polar surface area (TPSA) is 58.2 Å². The number of benzene rings is 2. The van der Waals surface area contributed by atoms with Gasteiger partial charge in [0, 0.05) is 22.6 Å². The van der Waals surface area contributed by atoms with E-state index in [4.69, 9.17) is 0 Å². The molecule has 2 amide bonds. The number of halogens is 2. The molecule has 25 heavy (non-hydrogen) atoms. The van der Waals surface area contributed by atoms with Crippen LogP contribution in [0.15, 0.2) is 41.3 Å². The van der Waals surface area contributed by atoms with Crippen molar-refractivity contribution >= 4 is 29.3 Å². The van der Waals surface area contributed by atoms with Crippen molar-refractivity contribution in [3.63, 3.8) is 0 Å². The van der Waals surface area contributed by atoms with Crippen LogP contribution >= 0.6 is 11.8 Å². The molecule has 1 aliphatic heterocycles. The molecule has 2 aromatic rings. The molecule has 0 radical (unpaired) electrons. The zero-order chi connectivity index (χ0) is 18.0. The van der Waals surface area contributed by atoms with E-state index in [0.717, 1.165) is 17.0 Å². The maximum atomic E-state index is 13.3. The first-order valence-electron chi connectivity index (χ1n) is 7.76. The standard InChI is InChI=1S/C18H16F2N2O2S/c1-10(11-2-4-13(19)14(20)8-11)21-18(24)12-3-5-16-15(9-12)22-17(23)6-7-25-16/h2-5,8-10H,6-7H2,1H3,(H,21,24)(H,22,23). The monoisotopic (exact) mass is 362 g/mol. The maximum absolute atomic E-state index is 13.3. The SMILES string of the molecule is CC(NC(=O)c1ccc2c(c1)NC(=O)CCS2)c1ccc(F)c(F)c1. The van der Waals surface area contributed by atoms with Gasteiger partial charge in [-0.15, -0.1) is 11.8 Å². The normalized spacial score (nSPS) is 14.9. The lowest BCUT2D eigenvalue weighted by molar-refractivity contribution is -0.115. The van der Waals surface area contributed by atoms with Crippen molar-refractivity contribution in [1.29, 1.82) is 0 Å². The van der Waals surface area contributed by atoms with Crippen molar-refractivity contribution in [3.05, 3.63) is 59.2 Å². The van der Waals surface area contributed by atoms with E-state index in [1.165, 1.54) is 6.07 Å². The zero-order valence-electron chi connectivity index (χ0n) is 13.4. The molecule has 7 heteroatoms. The van der Waals surface area contributed by atoms with E-state index >= 15 is 0 Å². The zero-order valence-corrected chi connectivity index (χ0v) is 14.3. The van der Waals surface area contributed by atoms with Gasteiger partial charge in [-0.3, -0.25) is 9.59 Å². The molecule has 1 aliphatic rings. The molecule has 0 spiro atoms. The minimum absolute atomic E-state index is 0.0843. The van der Waals surface area contributed by atoms with Crippen molar-refractivity contribution < 1.29 is 18.4 Å². The van der Waals surface area contributed by atoms with E-state index in [1.807, 2.05) is 0 Å². The highest BCUT2D eigenvalue weighted by Gasteiger charge is 2.17. The number of hydrogen-bond donors (Lipinski definition) is 2. The molecule has 2 aromatic carbocycles. The first-order valence-corrected chi connectivity index (χ1v) is 8.75. The highest BCUT2D eigenvalue weighted by atomic mass is 32.2. The van der Waals surface area contributed by atoms with Gasteiger partial charge in [-0.25, -0.2) is 8.78 Å². The number of hydrogen-bond acceptors (Lipinski definition) is 3. The first kappa shape index (κ1) is 17.4. The molecule has 1 unspecified atom stereocenters. The summed E-state index contributed by atoms with van der Waals surface area (Å²) >= 11 is 1.56. The van der Waals surface area contributed by atoms with Crippen LogP contribution in [0.5, 0.6) is 0 Å². The Morgan fingerprint density at radius 3 is 2.76 bits per heavy atom. The third kappa shape index (κ3) is 3.99. The smallest absolute Gasteiger partial charge is 0.251 e. The molecule has 0 bridgehead atoms. The summed E-state index contributed by atoms with van der Waals surface area (Å²) in [7, 11) is 0. The van der Waals surface area contributed by atoms with Gasteiger partial charge in [-0.2, -0.15) is 0 Å². The van der Waals surface area contributed by atoms with Gasteiger partial charge in [-0.1, -0.05) is 6.07 Å². The number of rotatable bonds is 3. The van der Waals surface area contributed by atoms with E-state index < -0.39 is 17.7 Å². The summed E-state index contributed by atoms with van der Waals surface area (Å²) in [5, 5.41) is 5.53. The quantitative estimate of drug-likeness (QED) is 0.871. The number of carbonyl (C=O) groups excluding carboxylic acids is 2. The first-order chi connectivity index (χ1) is 11.9. The van der Waals surface area contributed by atoms with Crippen molar-refractivity contribution in [2.75, 3.05) is 11.1 Å². The summed E-state index contributed by atoms with van der Waals surface area (Å²) in [5.41, 5.74) is 1.46. The second-order valence-electron chi connectivity index (χ2n) is 5.73. The molecule has 0 saturated heterocycles. The second kappa shape index (κ2) is 7.23. The number of nitrogens with one attached hydrogen (secondary N) is 2.